The van der Waals surface area contributed by atoms with E-state index >= 15 is 0 Å². The van der Waals surface area contributed by atoms with Gasteiger partial charge in [0.1, 0.15) is 11.7 Å². The van der Waals surface area contributed by atoms with Crippen molar-refractivity contribution in [2.75, 3.05) is 14.2 Å². The van der Waals surface area contributed by atoms with Crippen molar-refractivity contribution in [2.24, 2.45) is 5.92 Å². The number of carbonyl (C=O) groups is 2. The molecule has 3 atom stereocenters. The van der Waals surface area contributed by atoms with E-state index in [-0.39, 0.29) is 17.8 Å². The Morgan fingerprint density at radius 2 is 2.21 bits per heavy atom. The molecule has 4 nitrogen and oxygen atoms in total. The number of methoxy groups -OCH3 is 1. The molecule has 2 fully saturated rings. The Morgan fingerprint density at radius 1 is 1.50 bits per heavy atom. The van der Waals surface area contributed by atoms with E-state index in [1.807, 2.05) is 7.05 Å². The Labute approximate surface area is 83.2 Å². The van der Waals surface area contributed by atoms with Gasteiger partial charge in [-0.1, -0.05) is 0 Å². The minimum absolute atomic E-state index is 0.0578. The van der Waals surface area contributed by atoms with E-state index < -0.39 is 5.92 Å². The second kappa shape index (κ2) is 3.35. The summed E-state index contributed by atoms with van der Waals surface area (Å²) in [4.78, 5) is 25.3. The number of piperidine rings is 1. The Kier molecular flexibility index (Phi) is 2.31. The molecule has 0 radical (unpaired) electrons. The highest BCUT2D eigenvalue weighted by molar-refractivity contribution is 6.00. The first-order valence-corrected chi connectivity index (χ1v) is 4.97. The summed E-state index contributed by atoms with van der Waals surface area (Å²) in [5.41, 5.74) is 0. The maximum atomic E-state index is 11.7. The molecule has 0 saturated carbocycles. The fourth-order valence-electron chi connectivity index (χ4n) is 2.68. The fourth-order valence-corrected chi connectivity index (χ4v) is 2.68. The van der Waals surface area contributed by atoms with Crippen molar-refractivity contribution in [3.8, 4) is 0 Å². The third-order valence-electron chi connectivity index (χ3n) is 3.52. The molecule has 4 heteroatoms. The van der Waals surface area contributed by atoms with Crippen LogP contribution < -0.4 is 0 Å². The minimum Gasteiger partial charge on any atom is -0.468 e. The van der Waals surface area contributed by atoms with Crippen molar-refractivity contribution >= 4 is 11.8 Å². The largest absolute Gasteiger partial charge is 0.468 e. The number of ketones is 1. The molecule has 0 spiro atoms. The maximum Gasteiger partial charge on any atom is 0.317 e. The molecule has 0 aromatic heterocycles. The van der Waals surface area contributed by atoms with Crippen LogP contribution in [0, 0.1) is 5.92 Å². The lowest BCUT2D eigenvalue weighted by molar-refractivity contribution is -0.154. The van der Waals surface area contributed by atoms with Gasteiger partial charge >= 0.3 is 5.97 Å². The number of esters is 1. The predicted octanol–water partition coefficient (Wildman–Crippen LogP) is 0.211. The van der Waals surface area contributed by atoms with E-state index in [1.165, 1.54) is 7.11 Å². The van der Waals surface area contributed by atoms with Crippen LogP contribution in [0.5, 0.6) is 0 Å². The Morgan fingerprint density at radius 3 is 2.86 bits per heavy atom. The zero-order valence-electron chi connectivity index (χ0n) is 8.53. The summed E-state index contributed by atoms with van der Waals surface area (Å²) in [5, 5.41) is 0. The zero-order valence-corrected chi connectivity index (χ0v) is 8.53. The number of Topliss-reactive ketones (excluding diaryl/α,β-unsaturated/α-hetero) is 1. The number of rotatable bonds is 1. The molecule has 0 N–H and O–H groups in total. The summed E-state index contributed by atoms with van der Waals surface area (Å²) < 4.78 is 4.67. The standard InChI is InChI=1S/C10H15NO3/c1-11-6-3-4-7(11)9(8(12)5-6)10(13)14-2/h6-7,9H,3-5H2,1-2H3/t6-,7?,9?/m0/s1. The van der Waals surface area contributed by atoms with E-state index in [0.717, 1.165) is 12.8 Å². The number of fused-ring (bicyclic) bond motifs is 2. The van der Waals surface area contributed by atoms with Crippen molar-refractivity contribution < 1.29 is 14.3 Å². The van der Waals surface area contributed by atoms with Crippen LogP contribution in [0.4, 0.5) is 0 Å². The average molecular weight is 197 g/mol. The van der Waals surface area contributed by atoms with Crippen LogP contribution in [0.1, 0.15) is 19.3 Å². The number of ether oxygens (including phenoxy) is 1. The highest BCUT2D eigenvalue weighted by atomic mass is 16.5. The van der Waals surface area contributed by atoms with Crippen LogP contribution in [0.3, 0.4) is 0 Å². The van der Waals surface area contributed by atoms with Gasteiger partial charge in [-0.05, 0) is 19.9 Å². The molecule has 0 amide bonds. The van der Waals surface area contributed by atoms with Crippen molar-refractivity contribution in [3.63, 3.8) is 0 Å². The van der Waals surface area contributed by atoms with E-state index in [4.69, 9.17) is 0 Å². The third-order valence-corrected chi connectivity index (χ3v) is 3.52. The summed E-state index contributed by atoms with van der Waals surface area (Å²) in [5.74, 6) is -0.849. The fraction of sp³-hybridized carbons (Fsp3) is 0.800. The first kappa shape index (κ1) is 9.65. The summed E-state index contributed by atoms with van der Waals surface area (Å²) in [6, 6.07) is 0.433. The van der Waals surface area contributed by atoms with Gasteiger partial charge in [0.05, 0.1) is 7.11 Å². The first-order valence-electron chi connectivity index (χ1n) is 4.97. The Balaban J connectivity index is 2.22. The summed E-state index contributed by atoms with van der Waals surface area (Å²) >= 11 is 0. The quantitative estimate of drug-likeness (QED) is 0.445. The Bertz CT molecular complexity index is 277. The smallest absolute Gasteiger partial charge is 0.317 e. The van der Waals surface area contributed by atoms with Crippen LogP contribution in [-0.2, 0) is 14.3 Å². The van der Waals surface area contributed by atoms with Gasteiger partial charge in [-0.3, -0.25) is 14.5 Å². The lowest BCUT2D eigenvalue weighted by Gasteiger charge is -2.34. The molecule has 2 unspecified atom stereocenters. The van der Waals surface area contributed by atoms with Gasteiger partial charge < -0.3 is 4.74 Å². The molecule has 78 valence electrons. The van der Waals surface area contributed by atoms with Gasteiger partial charge in [-0.25, -0.2) is 0 Å². The molecule has 14 heavy (non-hydrogen) atoms. The highest BCUT2D eigenvalue weighted by Crippen LogP contribution is 2.36. The lowest BCUT2D eigenvalue weighted by atomic mass is 9.89. The molecular weight excluding hydrogens is 182 g/mol. The molecule has 2 aliphatic rings. The predicted molar refractivity (Wildman–Crippen MR) is 49.7 cm³/mol. The van der Waals surface area contributed by atoms with Crippen LogP contribution in [0.2, 0.25) is 0 Å². The van der Waals surface area contributed by atoms with Gasteiger partial charge in [0.2, 0.25) is 0 Å². The molecular formula is C10H15NO3. The van der Waals surface area contributed by atoms with E-state index in [2.05, 4.69) is 9.64 Å². The second-order valence-corrected chi connectivity index (χ2v) is 4.14. The number of hydrogen-bond donors (Lipinski definition) is 0. The lowest BCUT2D eigenvalue weighted by Crippen LogP contribution is -2.50. The average Bonchev–Trinajstić information content (AvgIpc) is 2.42. The molecule has 0 aliphatic carbocycles. The zero-order chi connectivity index (χ0) is 10.3. The van der Waals surface area contributed by atoms with E-state index in [1.54, 1.807) is 0 Å². The van der Waals surface area contributed by atoms with Crippen molar-refractivity contribution in [1.29, 1.82) is 0 Å². The topological polar surface area (TPSA) is 46.6 Å². The Hall–Kier alpha value is -0.900. The summed E-state index contributed by atoms with van der Waals surface area (Å²) in [7, 11) is 3.33. The van der Waals surface area contributed by atoms with E-state index in [0.29, 0.717) is 12.5 Å². The van der Waals surface area contributed by atoms with Gasteiger partial charge in [-0.2, -0.15) is 0 Å². The number of carbonyl (C=O) groups excluding carboxylic acids is 2. The third kappa shape index (κ3) is 1.25. The molecule has 2 saturated heterocycles. The molecule has 2 bridgehead atoms. The monoisotopic (exact) mass is 197 g/mol. The molecule has 0 aromatic carbocycles. The van der Waals surface area contributed by atoms with Crippen molar-refractivity contribution in [2.45, 2.75) is 31.3 Å². The summed E-state index contributed by atoms with van der Waals surface area (Å²) in [6.45, 7) is 0. The van der Waals surface area contributed by atoms with Gasteiger partial charge in [0.25, 0.3) is 0 Å². The SMILES string of the molecule is COC(=O)C1C(=O)C[C@@H]2CCC1N2C. The second-order valence-electron chi connectivity index (χ2n) is 4.14. The van der Waals surface area contributed by atoms with Crippen molar-refractivity contribution in [1.82, 2.24) is 4.90 Å². The molecule has 2 heterocycles. The minimum atomic E-state index is -0.538. The number of nitrogens with zero attached hydrogens (tertiary/aromatic N) is 1. The molecule has 0 aromatic rings. The van der Waals surface area contributed by atoms with Gasteiger partial charge in [0.15, 0.2) is 0 Å². The highest BCUT2D eigenvalue weighted by Gasteiger charge is 2.48. The molecule has 2 aliphatic heterocycles. The number of hydrogen-bond acceptors (Lipinski definition) is 4. The van der Waals surface area contributed by atoms with Gasteiger partial charge in [0, 0.05) is 18.5 Å². The normalized spacial score (nSPS) is 37.3. The maximum absolute atomic E-state index is 11.7. The van der Waals surface area contributed by atoms with E-state index in [9.17, 15) is 9.59 Å². The first-order chi connectivity index (χ1) is 6.65. The van der Waals surface area contributed by atoms with Crippen LogP contribution in [0.25, 0.3) is 0 Å². The van der Waals surface area contributed by atoms with Crippen LogP contribution >= 0.6 is 0 Å². The van der Waals surface area contributed by atoms with Gasteiger partial charge in [-0.15, -0.1) is 0 Å². The van der Waals surface area contributed by atoms with Crippen molar-refractivity contribution in [3.05, 3.63) is 0 Å². The molecule has 2 rings (SSSR count). The van der Waals surface area contributed by atoms with Crippen LogP contribution in [0.15, 0.2) is 0 Å². The van der Waals surface area contributed by atoms with Crippen LogP contribution in [-0.4, -0.2) is 42.9 Å². The summed E-state index contributed by atoms with van der Waals surface area (Å²) in [6.07, 6.45) is 2.47.